The maximum absolute atomic E-state index is 12.5. The standard InChI is InChI=1S/C20H20ClN3O3S/c21-13-6-17(16-10-22-23-18(16)7-13)20(25)8-14-15(9-20)19(14)24-28(26,27)11-12-4-2-1-3-5-12/h1-7,10,14-15,19,24-25H,8-9,11H2,(H,22,23)/t14-,15+,19-,20+. The van der Waals surface area contributed by atoms with Gasteiger partial charge in [0.15, 0.2) is 0 Å². The minimum atomic E-state index is -3.42. The van der Waals surface area contributed by atoms with Crippen LogP contribution in [0.5, 0.6) is 0 Å². The lowest BCUT2D eigenvalue weighted by molar-refractivity contribution is 0.0303. The van der Waals surface area contributed by atoms with E-state index in [1.165, 1.54) is 0 Å². The van der Waals surface area contributed by atoms with Gasteiger partial charge in [-0.2, -0.15) is 5.10 Å². The van der Waals surface area contributed by atoms with Gasteiger partial charge in [0, 0.05) is 16.5 Å². The molecule has 3 aromatic rings. The summed E-state index contributed by atoms with van der Waals surface area (Å²) in [7, 11) is -3.42. The van der Waals surface area contributed by atoms with Crippen molar-refractivity contribution in [2.75, 3.05) is 0 Å². The summed E-state index contributed by atoms with van der Waals surface area (Å²) in [6.45, 7) is 0. The van der Waals surface area contributed by atoms with Crippen molar-refractivity contribution in [2.45, 2.75) is 30.2 Å². The average Bonchev–Trinajstić information content (AvgIpc) is 3.03. The van der Waals surface area contributed by atoms with Gasteiger partial charge in [0.2, 0.25) is 10.0 Å². The van der Waals surface area contributed by atoms with Crippen molar-refractivity contribution >= 4 is 32.5 Å². The predicted molar refractivity (Wildman–Crippen MR) is 107 cm³/mol. The zero-order valence-electron chi connectivity index (χ0n) is 15.0. The molecule has 28 heavy (non-hydrogen) atoms. The molecule has 0 amide bonds. The molecular formula is C20H20ClN3O3S. The maximum Gasteiger partial charge on any atom is 0.216 e. The number of sulfonamides is 1. The Balaban J connectivity index is 1.31. The summed E-state index contributed by atoms with van der Waals surface area (Å²) in [6.07, 6.45) is 2.72. The summed E-state index contributed by atoms with van der Waals surface area (Å²) in [5.41, 5.74) is 1.31. The molecule has 0 unspecified atom stereocenters. The second-order valence-corrected chi connectivity index (χ2v) is 10.1. The number of nitrogens with zero attached hydrogens (tertiary/aromatic N) is 1. The molecular weight excluding hydrogens is 398 g/mol. The van der Waals surface area contributed by atoms with Gasteiger partial charge in [-0.1, -0.05) is 41.9 Å². The van der Waals surface area contributed by atoms with Gasteiger partial charge in [-0.15, -0.1) is 0 Å². The van der Waals surface area contributed by atoms with Crippen LogP contribution in [0.3, 0.4) is 0 Å². The lowest BCUT2D eigenvalue weighted by Gasteiger charge is -2.27. The van der Waals surface area contributed by atoms with Crippen molar-refractivity contribution in [3.8, 4) is 0 Å². The highest BCUT2D eigenvalue weighted by molar-refractivity contribution is 7.88. The Labute approximate surface area is 168 Å². The number of aromatic amines is 1. The fourth-order valence-electron chi connectivity index (χ4n) is 4.70. The first kappa shape index (κ1) is 18.1. The van der Waals surface area contributed by atoms with E-state index in [0.717, 1.165) is 22.0 Å². The molecule has 1 aromatic heterocycles. The molecule has 0 bridgehead atoms. The Kier molecular flexibility index (Phi) is 4.07. The first-order chi connectivity index (χ1) is 13.3. The molecule has 1 heterocycles. The molecule has 0 spiro atoms. The minimum absolute atomic E-state index is 0.0298. The Hall–Kier alpha value is -1.93. The zero-order chi connectivity index (χ0) is 19.5. The van der Waals surface area contributed by atoms with Gasteiger partial charge >= 0.3 is 0 Å². The largest absolute Gasteiger partial charge is 0.385 e. The lowest BCUT2D eigenvalue weighted by atomic mass is 9.86. The molecule has 2 aromatic carbocycles. The number of fused-ring (bicyclic) bond motifs is 2. The molecule has 5 rings (SSSR count). The summed E-state index contributed by atoms with van der Waals surface area (Å²) in [6, 6.07) is 12.6. The van der Waals surface area contributed by atoms with Crippen molar-refractivity contribution in [3.05, 3.63) is 64.8 Å². The Morgan fingerprint density at radius 1 is 1.21 bits per heavy atom. The van der Waals surface area contributed by atoms with Crippen LogP contribution in [0.25, 0.3) is 10.9 Å². The van der Waals surface area contributed by atoms with Gasteiger partial charge < -0.3 is 5.11 Å². The van der Waals surface area contributed by atoms with Crippen LogP contribution in [0.2, 0.25) is 5.02 Å². The second-order valence-electron chi connectivity index (χ2n) is 7.94. The van der Waals surface area contributed by atoms with Gasteiger partial charge in [-0.05, 0) is 47.9 Å². The van der Waals surface area contributed by atoms with Gasteiger partial charge in [0.25, 0.3) is 0 Å². The third-order valence-electron chi connectivity index (χ3n) is 6.02. The zero-order valence-corrected chi connectivity index (χ0v) is 16.5. The van der Waals surface area contributed by atoms with Crippen LogP contribution in [0, 0.1) is 11.8 Å². The van der Waals surface area contributed by atoms with Crippen LogP contribution in [-0.4, -0.2) is 29.8 Å². The van der Waals surface area contributed by atoms with Crippen molar-refractivity contribution < 1.29 is 13.5 Å². The number of H-pyrrole nitrogens is 1. The Morgan fingerprint density at radius 3 is 2.64 bits per heavy atom. The summed E-state index contributed by atoms with van der Waals surface area (Å²) >= 11 is 6.21. The molecule has 0 radical (unpaired) electrons. The highest BCUT2D eigenvalue weighted by Crippen LogP contribution is 2.60. The van der Waals surface area contributed by atoms with E-state index < -0.39 is 15.6 Å². The van der Waals surface area contributed by atoms with E-state index in [-0.39, 0.29) is 23.6 Å². The van der Waals surface area contributed by atoms with Gasteiger partial charge in [-0.25, -0.2) is 13.1 Å². The fourth-order valence-corrected chi connectivity index (χ4v) is 6.40. The SMILES string of the molecule is O=S(=O)(Cc1ccccc1)N[C@@H]1[C@@H]2C[C@@](O)(c3cc(Cl)cc4[nH]ncc34)C[C@@H]21. The number of benzene rings is 2. The molecule has 2 aliphatic carbocycles. The molecule has 4 atom stereocenters. The van der Waals surface area contributed by atoms with Crippen molar-refractivity contribution in [3.63, 3.8) is 0 Å². The number of halogens is 1. The van der Waals surface area contributed by atoms with E-state index in [4.69, 9.17) is 11.6 Å². The molecule has 2 fully saturated rings. The fraction of sp³-hybridized carbons (Fsp3) is 0.350. The number of aliphatic hydroxyl groups is 1. The average molecular weight is 418 g/mol. The first-order valence-corrected chi connectivity index (χ1v) is 11.3. The van der Waals surface area contributed by atoms with Gasteiger partial charge in [0.05, 0.1) is 23.1 Å². The molecule has 146 valence electrons. The summed E-state index contributed by atoms with van der Waals surface area (Å²) < 4.78 is 27.8. The van der Waals surface area contributed by atoms with E-state index in [2.05, 4.69) is 14.9 Å². The van der Waals surface area contributed by atoms with Gasteiger partial charge in [0.1, 0.15) is 0 Å². The maximum atomic E-state index is 12.5. The minimum Gasteiger partial charge on any atom is -0.385 e. The third-order valence-corrected chi connectivity index (χ3v) is 7.58. The number of rotatable bonds is 5. The number of hydrogen-bond donors (Lipinski definition) is 3. The van der Waals surface area contributed by atoms with E-state index >= 15 is 0 Å². The van der Waals surface area contributed by atoms with E-state index in [0.29, 0.717) is 17.9 Å². The first-order valence-electron chi connectivity index (χ1n) is 9.24. The highest BCUT2D eigenvalue weighted by atomic mass is 35.5. The van der Waals surface area contributed by atoms with Crippen molar-refractivity contribution in [1.29, 1.82) is 0 Å². The van der Waals surface area contributed by atoms with Crippen molar-refractivity contribution in [2.24, 2.45) is 11.8 Å². The van der Waals surface area contributed by atoms with Crippen LogP contribution in [0.1, 0.15) is 24.0 Å². The van der Waals surface area contributed by atoms with Crippen LogP contribution in [0.15, 0.2) is 48.7 Å². The molecule has 0 aliphatic heterocycles. The Bertz CT molecular complexity index is 1130. The second kappa shape index (κ2) is 6.29. The van der Waals surface area contributed by atoms with Crippen LogP contribution >= 0.6 is 11.6 Å². The monoisotopic (exact) mass is 417 g/mol. The van der Waals surface area contributed by atoms with E-state index in [1.54, 1.807) is 30.5 Å². The molecule has 0 saturated heterocycles. The smallest absolute Gasteiger partial charge is 0.216 e. The molecule has 2 saturated carbocycles. The number of hydrogen-bond acceptors (Lipinski definition) is 4. The number of aromatic nitrogens is 2. The molecule has 8 heteroatoms. The van der Waals surface area contributed by atoms with Crippen LogP contribution in [-0.2, 0) is 21.4 Å². The summed E-state index contributed by atoms with van der Waals surface area (Å²) in [4.78, 5) is 0. The van der Waals surface area contributed by atoms with E-state index in [1.807, 2.05) is 18.2 Å². The van der Waals surface area contributed by atoms with Crippen molar-refractivity contribution in [1.82, 2.24) is 14.9 Å². The van der Waals surface area contributed by atoms with E-state index in [9.17, 15) is 13.5 Å². The Morgan fingerprint density at radius 2 is 1.93 bits per heavy atom. The van der Waals surface area contributed by atoms with Gasteiger partial charge in [-0.3, -0.25) is 5.10 Å². The molecule has 3 N–H and O–H groups in total. The lowest BCUT2D eigenvalue weighted by Crippen LogP contribution is -2.34. The normalized spacial score (nSPS) is 29.1. The third kappa shape index (κ3) is 3.12. The van der Waals surface area contributed by atoms with Crippen LogP contribution in [0.4, 0.5) is 0 Å². The molecule has 6 nitrogen and oxygen atoms in total. The predicted octanol–water partition coefficient (Wildman–Crippen LogP) is 2.93. The highest BCUT2D eigenvalue weighted by Gasteiger charge is 2.62. The summed E-state index contributed by atoms with van der Waals surface area (Å²) in [5.74, 6) is 0.241. The number of nitrogens with one attached hydrogen (secondary N) is 2. The van der Waals surface area contributed by atoms with Crippen LogP contribution < -0.4 is 4.72 Å². The molecule has 2 aliphatic rings. The topological polar surface area (TPSA) is 95.1 Å². The quantitative estimate of drug-likeness (QED) is 0.594. The summed E-state index contributed by atoms with van der Waals surface area (Å²) in [5, 5.41) is 19.6.